The van der Waals surface area contributed by atoms with Gasteiger partial charge in [0, 0.05) is 42.4 Å². The monoisotopic (exact) mass is 751 g/mol. The molecule has 8 nitrogen and oxygen atoms in total. The molecule has 4 N–H and O–H groups in total. The molecule has 5 aromatic carbocycles. The highest BCUT2D eigenvalue weighted by molar-refractivity contribution is 5.83. The van der Waals surface area contributed by atoms with Gasteiger partial charge in [0.15, 0.2) is 0 Å². The van der Waals surface area contributed by atoms with Crippen molar-refractivity contribution < 1.29 is 14.3 Å². The molecule has 57 heavy (non-hydrogen) atoms. The van der Waals surface area contributed by atoms with Crippen molar-refractivity contribution in [2.24, 2.45) is 0 Å². The van der Waals surface area contributed by atoms with E-state index in [1.165, 1.54) is 32.7 Å². The van der Waals surface area contributed by atoms with Gasteiger partial charge in [0.05, 0.1) is 17.9 Å². The molecule has 2 heterocycles. The van der Waals surface area contributed by atoms with Crippen LogP contribution in [0, 0.1) is 0 Å². The number of para-hydroxylation sites is 1. The Labute approximate surface area is 331 Å². The lowest BCUT2D eigenvalue weighted by Gasteiger charge is -2.21. The fourth-order valence-corrected chi connectivity index (χ4v) is 8.56. The molecule has 0 saturated heterocycles. The Morgan fingerprint density at radius 1 is 0.807 bits per heavy atom. The minimum absolute atomic E-state index is 0.0155. The van der Waals surface area contributed by atoms with Crippen LogP contribution in [0.4, 0.5) is 4.79 Å². The van der Waals surface area contributed by atoms with Gasteiger partial charge >= 0.3 is 6.09 Å². The SMILES string of the molecule is O=C(CC(CCNC(=O)OCC1c2ccccc2-c2ccccc21)c1ccc2c(c1)=CCCC=2)N[C@H](Cc1c[nH]c2ccccc12)c1ncc(-c2ccccc2)[nH]1. The molecule has 1 unspecified atom stereocenters. The molecule has 0 spiro atoms. The van der Waals surface area contributed by atoms with Gasteiger partial charge in [0.25, 0.3) is 0 Å². The number of carbonyl (C=O) groups excluding carboxylic acids is 2. The summed E-state index contributed by atoms with van der Waals surface area (Å²) < 4.78 is 5.85. The molecule has 2 atom stereocenters. The second kappa shape index (κ2) is 16.2. The van der Waals surface area contributed by atoms with Crippen LogP contribution in [0.25, 0.3) is 45.4 Å². The Hall–Kier alpha value is -6.67. The Morgan fingerprint density at radius 2 is 1.53 bits per heavy atom. The van der Waals surface area contributed by atoms with Gasteiger partial charge in [-0.25, -0.2) is 9.78 Å². The highest BCUT2D eigenvalue weighted by atomic mass is 16.5. The van der Waals surface area contributed by atoms with Crippen LogP contribution in [0.1, 0.15) is 71.6 Å². The number of aromatic nitrogens is 3. The van der Waals surface area contributed by atoms with Crippen molar-refractivity contribution in [2.75, 3.05) is 13.2 Å². The number of ether oxygens (including phenoxy) is 1. The van der Waals surface area contributed by atoms with Crippen molar-refractivity contribution in [1.29, 1.82) is 0 Å². The van der Waals surface area contributed by atoms with Crippen LogP contribution < -0.4 is 21.1 Å². The van der Waals surface area contributed by atoms with Crippen LogP contribution in [0.5, 0.6) is 0 Å². The van der Waals surface area contributed by atoms with E-state index < -0.39 is 12.1 Å². The van der Waals surface area contributed by atoms with Crippen molar-refractivity contribution in [3.63, 3.8) is 0 Å². The summed E-state index contributed by atoms with van der Waals surface area (Å²) in [6.45, 7) is 0.609. The molecule has 2 aliphatic rings. The fourth-order valence-electron chi connectivity index (χ4n) is 8.56. The van der Waals surface area contributed by atoms with Crippen LogP contribution >= 0.6 is 0 Å². The zero-order chi connectivity index (χ0) is 38.6. The Morgan fingerprint density at radius 3 is 2.33 bits per heavy atom. The molecule has 7 aromatic rings. The van der Waals surface area contributed by atoms with Gasteiger partial charge in [0.1, 0.15) is 12.4 Å². The highest BCUT2D eigenvalue weighted by Crippen LogP contribution is 2.44. The summed E-state index contributed by atoms with van der Waals surface area (Å²) in [6.07, 6.45) is 11.3. The summed E-state index contributed by atoms with van der Waals surface area (Å²) in [5.74, 6) is 0.444. The van der Waals surface area contributed by atoms with Crippen LogP contribution in [0.3, 0.4) is 0 Å². The number of H-pyrrole nitrogens is 2. The number of imidazole rings is 1. The normalized spacial score (nSPS) is 14.0. The van der Waals surface area contributed by atoms with E-state index in [1.54, 1.807) is 0 Å². The minimum atomic E-state index is -0.459. The molecule has 2 amide bonds. The quantitative estimate of drug-likeness (QED) is 0.0949. The molecule has 2 aliphatic carbocycles. The molecule has 284 valence electrons. The molecule has 0 fully saturated rings. The maximum Gasteiger partial charge on any atom is 0.407 e. The molecule has 9 rings (SSSR count). The van der Waals surface area contributed by atoms with E-state index in [-0.39, 0.29) is 30.8 Å². The lowest BCUT2D eigenvalue weighted by atomic mass is 9.90. The Bertz CT molecular complexity index is 2630. The first-order chi connectivity index (χ1) is 28.1. The van der Waals surface area contributed by atoms with Gasteiger partial charge in [0.2, 0.25) is 5.91 Å². The van der Waals surface area contributed by atoms with E-state index in [2.05, 4.69) is 87.4 Å². The summed E-state index contributed by atoms with van der Waals surface area (Å²) in [5, 5.41) is 9.88. The van der Waals surface area contributed by atoms with E-state index in [9.17, 15) is 9.59 Å². The first-order valence-electron chi connectivity index (χ1n) is 19.9. The topological polar surface area (TPSA) is 112 Å². The molecular formula is C49H45N5O3. The third-order valence-electron chi connectivity index (χ3n) is 11.5. The van der Waals surface area contributed by atoms with Crippen molar-refractivity contribution in [3.8, 4) is 22.4 Å². The number of amides is 2. The second-order valence-electron chi connectivity index (χ2n) is 15.0. The van der Waals surface area contributed by atoms with Crippen LogP contribution in [0.15, 0.2) is 134 Å². The van der Waals surface area contributed by atoms with Gasteiger partial charge in [-0.05, 0) is 80.6 Å². The standard InChI is InChI=1S/C49H45N5O3/c55-47(53-45(27-37-29-51-44-21-11-10-16-38(37)44)48-52-30-46(54-48)33-13-2-1-3-14-33)28-36(35-23-22-32-12-4-5-15-34(32)26-35)24-25-50-49(56)57-31-43-41-19-8-6-17-39(41)40-18-7-9-20-42(40)43/h1-3,6-23,26,29-30,36,43,45,51H,4-5,24-25,27-28,31H2,(H,50,56)(H,52,54)(H,53,55)/t36?,45-/m1/s1. The van der Waals surface area contributed by atoms with Gasteiger partial charge in [-0.1, -0.05) is 127 Å². The second-order valence-corrected chi connectivity index (χ2v) is 15.0. The lowest BCUT2D eigenvalue weighted by molar-refractivity contribution is -0.122. The lowest BCUT2D eigenvalue weighted by Crippen LogP contribution is -2.33. The molecule has 8 heteroatoms. The average Bonchev–Trinajstić information content (AvgIpc) is 3.99. The van der Waals surface area contributed by atoms with Crippen molar-refractivity contribution in [1.82, 2.24) is 25.6 Å². The molecule has 0 bridgehead atoms. The fraction of sp³-hybridized carbons (Fsp3) is 0.204. The minimum Gasteiger partial charge on any atom is -0.449 e. The smallest absolute Gasteiger partial charge is 0.407 e. The Kier molecular flexibility index (Phi) is 10.2. The molecular weight excluding hydrogens is 707 g/mol. The predicted molar refractivity (Wildman–Crippen MR) is 226 cm³/mol. The molecule has 0 saturated carbocycles. The number of nitrogens with zero attached hydrogens (tertiary/aromatic N) is 1. The van der Waals surface area contributed by atoms with Gasteiger partial charge < -0.3 is 25.3 Å². The van der Waals surface area contributed by atoms with Gasteiger partial charge in [-0.2, -0.15) is 0 Å². The zero-order valence-corrected chi connectivity index (χ0v) is 31.7. The van der Waals surface area contributed by atoms with Crippen molar-refractivity contribution >= 4 is 35.1 Å². The summed E-state index contributed by atoms with van der Waals surface area (Å²) in [7, 11) is 0. The summed E-state index contributed by atoms with van der Waals surface area (Å²) in [4.78, 5) is 39.1. The first kappa shape index (κ1) is 36.0. The van der Waals surface area contributed by atoms with Crippen molar-refractivity contribution in [3.05, 3.63) is 172 Å². The number of fused-ring (bicyclic) bond motifs is 5. The van der Waals surface area contributed by atoms with Crippen LogP contribution in [-0.2, 0) is 16.0 Å². The molecule has 0 aliphatic heterocycles. The van der Waals surface area contributed by atoms with E-state index >= 15 is 0 Å². The first-order valence-corrected chi connectivity index (χ1v) is 19.9. The predicted octanol–water partition coefficient (Wildman–Crippen LogP) is 8.42. The number of hydrogen-bond acceptors (Lipinski definition) is 4. The van der Waals surface area contributed by atoms with Crippen LogP contribution in [-0.4, -0.2) is 40.1 Å². The summed E-state index contributed by atoms with van der Waals surface area (Å²) >= 11 is 0. The van der Waals surface area contributed by atoms with E-state index in [1.807, 2.05) is 79.1 Å². The number of carbonyl (C=O) groups is 2. The van der Waals surface area contributed by atoms with E-state index in [0.29, 0.717) is 25.2 Å². The number of hydrogen-bond donors (Lipinski definition) is 4. The van der Waals surface area contributed by atoms with Crippen molar-refractivity contribution in [2.45, 2.75) is 50.0 Å². The Balaban J connectivity index is 0.914. The molecule has 2 aromatic heterocycles. The maximum absolute atomic E-state index is 14.2. The maximum atomic E-state index is 14.2. The van der Waals surface area contributed by atoms with Gasteiger partial charge in [-0.15, -0.1) is 0 Å². The zero-order valence-electron chi connectivity index (χ0n) is 31.7. The van der Waals surface area contributed by atoms with E-state index in [4.69, 9.17) is 9.72 Å². The number of nitrogens with one attached hydrogen (secondary N) is 4. The number of rotatable bonds is 13. The number of alkyl carbamates (subject to hydrolysis) is 1. The third kappa shape index (κ3) is 7.76. The average molecular weight is 752 g/mol. The highest BCUT2D eigenvalue weighted by Gasteiger charge is 2.29. The molecule has 0 radical (unpaired) electrons. The third-order valence-corrected chi connectivity index (χ3v) is 11.5. The van der Waals surface area contributed by atoms with Gasteiger partial charge in [-0.3, -0.25) is 4.79 Å². The largest absolute Gasteiger partial charge is 0.449 e. The summed E-state index contributed by atoms with van der Waals surface area (Å²) in [6, 6.07) is 41.0. The van der Waals surface area contributed by atoms with E-state index in [0.717, 1.165) is 46.1 Å². The summed E-state index contributed by atoms with van der Waals surface area (Å²) in [5.41, 5.74) is 9.86. The van der Waals surface area contributed by atoms with Crippen LogP contribution in [0.2, 0.25) is 0 Å². The number of aromatic amines is 2. The number of benzene rings is 5.